The van der Waals surface area contributed by atoms with Crippen molar-refractivity contribution in [2.75, 3.05) is 17.8 Å². The quantitative estimate of drug-likeness (QED) is 0.405. The molecule has 2 N–H and O–H groups in total. The maximum atomic E-state index is 12.6. The van der Waals surface area contributed by atoms with Crippen molar-refractivity contribution in [1.82, 2.24) is 9.62 Å². The van der Waals surface area contributed by atoms with Crippen molar-refractivity contribution in [2.24, 2.45) is 0 Å². The molecule has 0 aliphatic carbocycles. The molecule has 1 heterocycles. The summed E-state index contributed by atoms with van der Waals surface area (Å²) in [6.07, 6.45) is 2.48. The molecule has 4 rings (SSSR count). The van der Waals surface area contributed by atoms with Crippen LogP contribution in [0.5, 0.6) is 0 Å². The minimum atomic E-state index is -3.70. The van der Waals surface area contributed by atoms with Crippen LogP contribution in [0.25, 0.3) is 0 Å². The Morgan fingerprint density at radius 2 is 1.35 bits per heavy atom. The molecule has 0 bridgehead atoms. The van der Waals surface area contributed by atoms with E-state index >= 15 is 0 Å². The average molecular weight is 542 g/mol. The Kier molecular flexibility index (Phi) is 8.31. The minimum absolute atomic E-state index is 0.147. The van der Waals surface area contributed by atoms with Crippen LogP contribution in [0.1, 0.15) is 36.0 Å². The first kappa shape index (κ1) is 26.8. The molecule has 10 heteroatoms. The van der Waals surface area contributed by atoms with E-state index in [4.69, 9.17) is 0 Å². The predicted molar refractivity (Wildman–Crippen MR) is 143 cm³/mol. The molecule has 37 heavy (non-hydrogen) atoms. The van der Waals surface area contributed by atoms with E-state index in [1.807, 2.05) is 19.1 Å². The molecule has 1 aliphatic rings. The van der Waals surface area contributed by atoms with E-state index in [2.05, 4.69) is 10.0 Å². The second-order valence-corrected chi connectivity index (χ2v) is 12.8. The van der Waals surface area contributed by atoms with Gasteiger partial charge in [0.05, 0.1) is 9.79 Å². The van der Waals surface area contributed by atoms with Crippen LogP contribution in [0.2, 0.25) is 0 Å². The average Bonchev–Trinajstić information content (AvgIpc) is 3.44. The van der Waals surface area contributed by atoms with E-state index in [1.165, 1.54) is 16.4 Å². The number of amides is 1. The highest BCUT2D eigenvalue weighted by molar-refractivity contribution is 7.92. The van der Waals surface area contributed by atoms with Gasteiger partial charge >= 0.3 is 0 Å². The van der Waals surface area contributed by atoms with E-state index in [1.54, 1.807) is 48.5 Å². The smallest absolute Gasteiger partial charge is 0.261 e. The molecule has 8 nitrogen and oxygen atoms in total. The Hall–Kier alpha value is -3.21. The molecule has 196 valence electrons. The van der Waals surface area contributed by atoms with Gasteiger partial charge in [0, 0.05) is 31.7 Å². The van der Waals surface area contributed by atoms with Crippen LogP contribution in [-0.4, -0.2) is 40.1 Å². The van der Waals surface area contributed by atoms with Crippen LogP contribution in [0.15, 0.2) is 82.6 Å². The van der Waals surface area contributed by atoms with E-state index < -0.39 is 20.0 Å². The van der Waals surface area contributed by atoms with Crippen molar-refractivity contribution in [3.63, 3.8) is 0 Å². The molecule has 0 saturated carbocycles. The van der Waals surface area contributed by atoms with Crippen LogP contribution in [0.3, 0.4) is 0 Å². The topological polar surface area (TPSA) is 113 Å². The third-order valence-corrected chi connectivity index (χ3v) is 9.60. The number of anilines is 1. The summed E-state index contributed by atoms with van der Waals surface area (Å²) in [7, 11) is -7.15. The number of rotatable bonds is 10. The van der Waals surface area contributed by atoms with E-state index in [0.717, 1.165) is 29.5 Å². The summed E-state index contributed by atoms with van der Waals surface area (Å²) in [5.41, 5.74) is 3.19. The Bertz CT molecular complexity index is 1430. The summed E-state index contributed by atoms with van der Waals surface area (Å²) < 4.78 is 54.5. The molecule has 0 unspecified atom stereocenters. The van der Waals surface area contributed by atoms with Crippen LogP contribution >= 0.6 is 0 Å². The van der Waals surface area contributed by atoms with Gasteiger partial charge in [-0.3, -0.25) is 9.52 Å². The Labute approximate surface area is 218 Å². The number of nitrogens with zero attached hydrogens (tertiary/aromatic N) is 1. The van der Waals surface area contributed by atoms with Gasteiger partial charge in [0.25, 0.3) is 10.0 Å². The summed E-state index contributed by atoms with van der Waals surface area (Å²) in [4.78, 5) is 12.7. The Balaban J connectivity index is 1.25. The van der Waals surface area contributed by atoms with Gasteiger partial charge in [0.2, 0.25) is 15.9 Å². The van der Waals surface area contributed by atoms with Gasteiger partial charge in [0.1, 0.15) is 0 Å². The van der Waals surface area contributed by atoms with Crippen LogP contribution in [0.4, 0.5) is 5.69 Å². The maximum absolute atomic E-state index is 12.6. The van der Waals surface area contributed by atoms with Gasteiger partial charge in [-0.15, -0.1) is 0 Å². The Morgan fingerprint density at radius 1 is 0.784 bits per heavy atom. The summed E-state index contributed by atoms with van der Waals surface area (Å²) in [6.45, 7) is 3.34. The molecule has 3 aromatic carbocycles. The first-order chi connectivity index (χ1) is 17.6. The van der Waals surface area contributed by atoms with E-state index in [0.29, 0.717) is 31.7 Å². The zero-order valence-electron chi connectivity index (χ0n) is 20.7. The molecular weight excluding hydrogens is 510 g/mol. The minimum Gasteiger partial charge on any atom is -0.352 e. The summed E-state index contributed by atoms with van der Waals surface area (Å²) in [6, 6.07) is 20.2. The molecule has 3 aromatic rings. The highest BCUT2D eigenvalue weighted by Gasteiger charge is 2.26. The van der Waals surface area contributed by atoms with Gasteiger partial charge in [-0.25, -0.2) is 16.8 Å². The van der Waals surface area contributed by atoms with Crippen molar-refractivity contribution in [1.29, 1.82) is 0 Å². The molecule has 1 saturated heterocycles. The first-order valence-electron chi connectivity index (χ1n) is 12.2. The van der Waals surface area contributed by atoms with E-state index in [-0.39, 0.29) is 22.1 Å². The zero-order valence-corrected chi connectivity index (χ0v) is 22.3. The molecule has 1 aliphatic heterocycles. The van der Waals surface area contributed by atoms with E-state index in [9.17, 15) is 21.6 Å². The number of hydrogen-bond donors (Lipinski definition) is 2. The van der Waals surface area contributed by atoms with Gasteiger partial charge in [-0.2, -0.15) is 4.31 Å². The molecular formula is C27H31N3O5S2. The van der Waals surface area contributed by atoms with Crippen molar-refractivity contribution in [3.8, 4) is 0 Å². The van der Waals surface area contributed by atoms with Crippen molar-refractivity contribution < 1.29 is 21.6 Å². The molecule has 1 fully saturated rings. The SMILES string of the molecule is Cc1ccc(NS(=O)(=O)c2ccc(CCC(=O)NCc3ccc(S(=O)(=O)N4CCCC4)cc3)cc2)cc1. The highest BCUT2D eigenvalue weighted by atomic mass is 32.2. The first-order valence-corrected chi connectivity index (χ1v) is 15.1. The number of sulfonamides is 2. The van der Waals surface area contributed by atoms with Gasteiger partial charge in [-0.05, 0) is 73.7 Å². The van der Waals surface area contributed by atoms with Crippen molar-refractivity contribution in [2.45, 2.75) is 48.9 Å². The fourth-order valence-electron chi connectivity index (χ4n) is 4.07. The maximum Gasteiger partial charge on any atom is 0.261 e. The lowest BCUT2D eigenvalue weighted by atomic mass is 10.1. The molecule has 0 radical (unpaired) electrons. The van der Waals surface area contributed by atoms with Crippen LogP contribution in [-0.2, 0) is 37.8 Å². The number of aryl methyl sites for hydroxylation is 2. The molecule has 0 aromatic heterocycles. The number of nitrogens with one attached hydrogen (secondary N) is 2. The second-order valence-electron chi connectivity index (χ2n) is 9.15. The third-order valence-electron chi connectivity index (χ3n) is 6.29. The third kappa shape index (κ3) is 6.97. The number of carbonyl (C=O) groups is 1. The van der Waals surface area contributed by atoms with Gasteiger partial charge in [-0.1, -0.05) is 42.0 Å². The number of carbonyl (C=O) groups excluding carboxylic acids is 1. The molecule has 0 spiro atoms. The summed E-state index contributed by atoms with van der Waals surface area (Å²) in [5.74, 6) is -0.147. The van der Waals surface area contributed by atoms with Crippen LogP contribution in [0, 0.1) is 6.92 Å². The van der Waals surface area contributed by atoms with Crippen molar-refractivity contribution >= 4 is 31.6 Å². The predicted octanol–water partition coefficient (Wildman–Crippen LogP) is 3.83. The van der Waals surface area contributed by atoms with Crippen LogP contribution < -0.4 is 10.0 Å². The monoisotopic (exact) mass is 541 g/mol. The Morgan fingerprint density at radius 3 is 1.97 bits per heavy atom. The number of benzene rings is 3. The standard InChI is InChI=1S/C27H31N3O5S2/c1-21-4-11-24(12-5-21)29-36(32,33)25-13-6-22(7-14-25)10-17-27(31)28-20-23-8-15-26(16-9-23)37(34,35)30-18-2-3-19-30/h4-9,11-16,29H,2-3,10,17-20H2,1H3,(H,28,31). The van der Waals surface area contributed by atoms with Gasteiger partial charge < -0.3 is 5.32 Å². The van der Waals surface area contributed by atoms with Gasteiger partial charge in [0.15, 0.2) is 0 Å². The van der Waals surface area contributed by atoms with Crippen molar-refractivity contribution in [3.05, 3.63) is 89.5 Å². The highest BCUT2D eigenvalue weighted by Crippen LogP contribution is 2.21. The largest absolute Gasteiger partial charge is 0.352 e. The normalized spacial score (nSPS) is 14.4. The fourth-order valence-corrected chi connectivity index (χ4v) is 6.65. The number of hydrogen-bond acceptors (Lipinski definition) is 5. The summed E-state index contributed by atoms with van der Waals surface area (Å²) >= 11 is 0. The fraction of sp³-hybridized carbons (Fsp3) is 0.296. The lowest BCUT2D eigenvalue weighted by Crippen LogP contribution is -2.28. The second kappa shape index (κ2) is 11.5. The molecule has 1 amide bonds. The zero-order chi connectivity index (χ0) is 26.5. The summed E-state index contributed by atoms with van der Waals surface area (Å²) in [5, 5.41) is 2.84. The lowest BCUT2D eigenvalue weighted by Gasteiger charge is -2.15. The lowest BCUT2D eigenvalue weighted by molar-refractivity contribution is -0.121. The molecule has 0 atom stereocenters.